The molecule has 0 amide bonds. The zero-order chi connectivity index (χ0) is 9.47. The maximum Gasteiger partial charge on any atom is 0.0434 e. The summed E-state index contributed by atoms with van der Waals surface area (Å²) < 4.78 is 0. The summed E-state index contributed by atoms with van der Waals surface area (Å²) in [7, 11) is 2.06. The maximum absolute atomic E-state index is 3.42. The molecule has 1 saturated carbocycles. The summed E-state index contributed by atoms with van der Waals surface area (Å²) in [6, 6.07) is 6.84. The van der Waals surface area contributed by atoms with Crippen LogP contribution in [0.4, 0.5) is 0 Å². The van der Waals surface area contributed by atoms with Gasteiger partial charge in [-0.2, -0.15) is 0 Å². The van der Waals surface area contributed by atoms with E-state index in [9.17, 15) is 0 Å². The standard InChI is InChI=1S/C12H17N/c1-9-6-10(2)8-11(7-9)12(13-3)4-5-12/h6-8,13H,4-5H2,1-3H3. The minimum absolute atomic E-state index is 0.316. The van der Waals surface area contributed by atoms with Gasteiger partial charge in [0, 0.05) is 5.54 Å². The Hall–Kier alpha value is -0.820. The lowest BCUT2D eigenvalue weighted by atomic mass is 10.00. The highest BCUT2D eigenvalue weighted by molar-refractivity contribution is 5.36. The molecule has 2 rings (SSSR count). The van der Waals surface area contributed by atoms with Crippen LogP contribution in [0.3, 0.4) is 0 Å². The largest absolute Gasteiger partial charge is 0.310 e. The Bertz CT molecular complexity index is 304. The van der Waals surface area contributed by atoms with Crippen molar-refractivity contribution in [3.63, 3.8) is 0 Å². The zero-order valence-electron chi connectivity index (χ0n) is 8.65. The summed E-state index contributed by atoms with van der Waals surface area (Å²) in [5.74, 6) is 0. The maximum atomic E-state index is 3.42. The van der Waals surface area contributed by atoms with Gasteiger partial charge >= 0.3 is 0 Å². The van der Waals surface area contributed by atoms with Gasteiger partial charge in [0.25, 0.3) is 0 Å². The van der Waals surface area contributed by atoms with Crippen molar-refractivity contribution in [3.05, 3.63) is 34.9 Å². The molecule has 1 nitrogen and oxygen atoms in total. The normalized spacial score (nSPS) is 18.7. The number of hydrogen-bond donors (Lipinski definition) is 1. The number of rotatable bonds is 2. The third kappa shape index (κ3) is 1.49. The molecule has 0 heterocycles. The van der Waals surface area contributed by atoms with Gasteiger partial charge in [0.2, 0.25) is 0 Å². The van der Waals surface area contributed by atoms with E-state index in [1.54, 1.807) is 0 Å². The van der Waals surface area contributed by atoms with Gasteiger partial charge in [-0.25, -0.2) is 0 Å². The van der Waals surface area contributed by atoms with E-state index in [4.69, 9.17) is 0 Å². The minimum Gasteiger partial charge on any atom is -0.310 e. The zero-order valence-corrected chi connectivity index (χ0v) is 8.65. The lowest BCUT2D eigenvalue weighted by Gasteiger charge is -2.15. The average molecular weight is 175 g/mol. The van der Waals surface area contributed by atoms with Crippen molar-refractivity contribution in [3.8, 4) is 0 Å². The van der Waals surface area contributed by atoms with Crippen molar-refractivity contribution in [1.82, 2.24) is 5.32 Å². The Balaban J connectivity index is 2.40. The highest BCUT2D eigenvalue weighted by Gasteiger charge is 2.42. The molecule has 0 aromatic heterocycles. The molecule has 70 valence electrons. The van der Waals surface area contributed by atoms with Crippen molar-refractivity contribution in [2.75, 3.05) is 7.05 Å². The predicted octanol–water partition coefficient (Wildman–Crippen LogP) is 2.51. The summed E-state index contributed by atoms with van der Waals surface area (Å²) in [5.41, 5.74) is 4.53. The van der Waals surface area contributed by atoms with E-state index < -0.39 is 0 Å². The molecule has 0 unspecified atom stereocenters. The molecule has 0 bridgehead atoms. The van der Waals surface area contributed by atoms with E-state index in [-0.39, 0.29) is 0 Å². The number of nitrogens with one attached hydrogen (secondary N) is 1. The van der Waals surface area contributed by atoms with Gasteiger partial charge < -0.3 is 5.32 Å². The van der Waals surface area contributed by atoms with Crippen molar-refractivity contribution in [1.29, 1.82) is 0 Å². The number of hydrogen-bond acceptors (Lipinski definition) is 1. The quantitative estimate of drug-likeness (QED) is 0.728. The van der Waals surface area contributed by atoms with Crippen LogP contribution in [-0.2, 0) is 5.54 Å². The SMILES string of the molecule is CNC1(c2cc(C)cc(C)c2)CC1. The van der Waals surface area contributed by atoms with Crippen molar-refractivity contribution >= 4 is 0 Å². The molecule has 0 atom stereocenters. The summed E-state index contributed by atoms with van der Waals surface area (Å²) in [5, 5.41) is 3.42. The van der Waals surface area contributed by atoms with E-state index in [1.165, 1.54) is 29.5 Å². The van der Waals surface area contributed by atoms with Crippen LogP contribution in [0.5, 0.6) is 0 Å². The third-order valence-corrected chi connectivity index (χ3v) is 3.00. The Morgan fingerprint density at radius 1 is 1.08 bits per heavy atom. The van der Waals surface area contributed by atoms with Crippen LogP contribution in [0.2, 0.25) is 0 Å². The van der Waals surface area contributed by atoms with Crippen molar-refractivity contribution in [2.45, 2.75) is 32.2 Å². The van der Waals surface area contributed by atoms with Gasteiger partial charge in [0.1, 0.15) is 0 Å². The van der Waals surface area contributed by atoms with Crippen molar-refractivity contribution in [2.24, 2.45) is 0 Å². The molecule has 13 heavy (non-hydrogen) atoms. The molecule has 1 aromatic rings. The molecule has 0 radical (unpaired) electrons. The summed E-state index contributed by atoms with van der Waals surface area (Å²) >= 11 is 0. The van der Waals surface area contributed by atoms with E-state index in [0.29, 0.717) is 5.54 Å². The molecular formula is C12H17N. The summed E-state index contributed by atoms with van der Waals surface area (Å²) in [6.07, 6.45) is 2.57. The van der Waals surface area contributed by atoms with Gasteiger partial charge in [-0.15, -0.1) is 0 Å². The van der Waals surface area contributed by atoms with E-state index in [1.807, 2.05) is 0 Å². The first kappa shape index (κ1) is 8.76. The second-order valence-electron chi connectivity index (χ2n) is 4.21. The van der Waals surface area contributed by atoms with Crippen LogP contribution < -0.4 is 5.32 Å². The lowest BCUT2D eigenvalue weighted by molar-refractivity contribution is 0.585. The fourth-order valence-corrected chi connectivity index (χ4v) is 2.06. The monoisotopic (exact) mass is 175 g/mol. The van der Waals surface area contributed by atoms with E-state index >= 15 is 0 Å². The minimum atomic E-state index is 0.316. The van der Waals surface area contributed by atoms with Gasteiger partial charge in [-0.05, 0) is 39.3 Å². The second kappa shape index (κ2) is 2.85. The topological polar surface area (TPSA) is 12.0 Å². The Kier molecular flexibility index (Phi) is 1.92. The van der Waals surface area contributed by atoms with Gasteiger partial charge in [0.05, 0.1) is 0 Å². The Morgan fingerprint density at radius 3 is 2.00 bits per heavy atom. The Morgan fingerprint density at radius 2 is 1.62 bits per heavy atom. The molecule has 0 spiro atoms. The van der Waals surface area contributed by atoms with Gasteiger partial charge in [-0.3, -0.25) is 0 Å². The van der Waals surface area contributed by atoms with Crippen molar-refractivity contribution < 1.29 is 0 Å². The summed E-state index contributed by atoms with van der Waals surface area (Å²) in [4.78, 5) is 0. The second-order valence-corrected chi connectivity index (χ2v) is 4.21. The highest BCUT2D eigenvalue weighted by atomic mass is 15.0. The van der Waals surface area contributed by atoms with Crippen LogP contribution in [0.15, 0.2) is 18.2 Å². The first-order valence-electron chi connectivity index (χ1n) is 4.94. The number of aryl methyl sites for hydroxylation is 2. The molecule has 1 heteroatoms. The molecule has 0 aliphatic heterocycles. The van der Waals surface area contributed by atoms with E-state index in [2.05, 4.69) is 44.4 Å². The van der Waals surface area contributed by atoms with E-state index in [0.717, 1.165) is 0 Å². The average Bonchev–Trinajstić information content (AvgIpc) is 2.82. The van der Waals surface area contributed by atoms with Crippen LogP contribution in [0.25, 0.3) is 0 Å². The molecule has 1 aliphatic carbocycles. The molecule has 1 fully saturated rings. The summed E-state index contributed by atoms with van der Waals surface area (Å²) in [6.45, 7) is 4.34. The van der Waals surface area contributed by atoms with Crippen LogP contribution in [-0.4, -0.2) is 7.05 Å². The fraction of sp³-hybridized carbons (Fsp3) is 0.500. The smallest absolute Gasteiger partial charge is 0.0434 e. The molecule has 1 N–H and O–H groups in total. The first-order valence-corrected chi connectivity index (χ1v) is 4.94. The predicted molar refractivity (Wildman–Crippen MR) is 55.9 cm³/mol. The van der Waals surface area contributed by atoms with Gasteiger partial charge in [-0.1, -0.05) is 29.3 Å². The highest BCUT2D eigenvalue weighted by Crippen LogP contribution is 2.45. The molecule has 0 saturated heterocycles. The molecule has 1 aromatic carbocycles. The van der Waals surface area contributed by atoms with Crippen LogP contribution in [0, 0.1) is 13.8 Å². The number of benzene rings is 1. The Labute approximate surface area is 80.2 Å². The fourth-order valence-electron chi connectivity index (χ4n) is 2.06. The molecule has 1 aliphatic rings. The third-order valence-electron chi connectivity index (χ3n) is 3.00. The van der Waals surface area contributed by atoms with Gasteiger partial charge in [0.15, 0.2) is 0 Å². The van der Waals surface area contributed by atoms with Crippen LogP contribution >= 0.6 is 0 Å². The lowest BCUT2D eigenvalue weighted by Crippen LogP contribution is -2.24. The first-order chi connectivity index (χ1) is 6.16. The molecular weight excluding hydrogens is 158 g/mol. The van der Waals surface area contributed by atoms with Crippen LogP contribution in [0.1, 0.15) is 29.5 Å².